The Bertz CT molecular complexity index is 364. The second-order valence-corrected chi connectivity index (χ2v) is 7.03. The standard InChI is InChI=1S/C7H12O6P2/c8-14(9,10)7(15(11,12)13)6-4-2-1-3-5-6/h2,4-5,7H,1,3H2,(H2,8,9,10)(H2,11,12,13). The van der Waals surface area contributed by atoms with E-state index in [1.54, 1.807) is 6.08 Å². The number of allylic oxidation sites excluding steroid dienone is 4. The molecular formula is C7H12O6P2. The molecule has 0 atom stereocenters. The molecule has 0 aliphatic heterocycles. The lowest BCUT2D eigenvalue weighted by Crippen LogP contribution is -2.12. The Kier molecular flexibility index (Phi) is 3.71. The number of hydrogen-bond donors (Lipinski definition) is 4. The molecule has 0 amide bonds. The van der Waals surface area contributed by atoms with E-state index < -0.39 is 20.6 Å². The average Bonchev–Trinajstić information content (AvgIpc) is 2.00. The van der Waals surface area contributed by atoms with Crippen molar-refractivity contribution in [1.29, 1.82) is 0 Å². The maximum atomic E-state index is 11.0. The first kappa shape index (κ1) is 12.8. The van der Waals surface area contributed by atoms with Crippen molar-refractivity contribution in [3.05, 3.63) is 23.8 Å². The van der Waals surface area contributed by atoms with Gasteiger partial charge in [0.05, 0.1) is 0 Å². The Morgan fingerprint density at radius 3 is 1.93 bits per heavy atom. The number of hydrogen-bond acceptors (Lipinski definition) is 2. The Hall–Kier alpha value is -0.220. The molecule has 0 aromatic carbocycles. The zero-order valence-corrected chi connectivity index (χ0v) is 9.51. The van der Waals surface area contributed by atoms with Crippen LogP contribution >= 0.6 is 15.2 Å². The Labute approximate surface area is 86.6 Å². The first-order chi connectivity index (χ1) is 6.73. The van der Waals surface area contributed by atoms with Gasteiger partial charge in [0.25, 0.3) is 0 Å². The third kappa shape index (κ3) is 3.38. The summed E-state index contributed by atoms with van der Waals surface area (Å²) in [6, 6.07) is 0. The van der Waals surface area contributed by atoms with E-state index >= 15 is 0 Å². The van der Waals surface area contributed by atoms with Gasteiger partial charge in [0.1, 0.15) is 0 Å². The van der Waals surface area contributed by atoms with Crippen LogP contribution in [0.4, 0.5) is 0 Å². The fraction of sp³-hybridized carbons (Fsp3) is 0.429. The van der Waals surface area contributed by atoms with Gasteiger partial charge in [0.2, 0.25) is 0 Å². The van der Waals surface area contributed by atoms with E-state index in [1.807, 2.05) is 0 Å². The molecular weight excluding hydrogens is 242 g/mol. The number of rotatable bonds is 3. The molecule has 0 bridgehead atoms. The SMILES string of the molecule is O=P(O)(O)C(C1=CCCC=C1)P(=O)(O)O. The molecule has 1 rings (SSSR count). The summed E-state index contributed by atoms with van der Waals surface area (Å²) in [6.07, 6.45) is 5.67. The molecule has 0 aromatic heterocycles. The zero-order valence-electron chi connectivity index (χ0n) is 7.72. The summed E-state index contributed by atoms with van der Waals surface area (Å²) in [7, 11) is -9.70. The van der Waals surface area contributed by atoms with E-state index in [-0.39, 0.29) is 5.57 Å². The molecule has 0 heterocycles. The van der Waals surface area contributed by atoms with Gasteiger partial charge in [-0.3, -0.25) is 9.13 Å². The molecule has 0 saturated heterocycles. The van der Waals surface area contributed by atoms with Crippen LogP contribution in [0.5, 0.6) is 0 Å². The van der Waals surface area contributed by atoms with E-state index in [9.17, 15) is 9.13 Å². The molecule has 6 nitrogen and oxygen atoms in total. The summed E-state index contributed by atoms with van der Waals surface area (Å²) in [5.41, 5.74) is 0.0166. The lowest BCUT2D eigenvalue weighted by molar-refractivity contribution is 0.345. The first-order valence-electron chi connectivity index (χ1n) is 4.20. The molecule has 15 heavy (non-hydrogen) atoms. The van der Waals surface area contributed by atoms with Crippen LogP contribution in [0.25, 0.3) is 0 Å². The van der Waals surface area contributed by atoms with Crippen LogP contribution in [0, 0.1) is 0 Å². The van der Waals surface area contributed by atoms with Crippen LogP contribution in [0.3, 0.4) is 0 Å². The molecule has 1 aliphatic rings. The summed E-state index contributed by atoms with van der Waals surface area (Å²) in [6.45, 7) is 0. The average molecular weight is 254 g/mol. The lowest BCUT2D eigenvalue weighted by Gasteiger charge is -2.21. The minimum atomic E-state index is -4.85. The maximum absolute atomic E-state index is 11.0. The molecule has 0 saturated carbocycles. The van der Waals surface area contributed by atoms with Crippen molar-refractivity contribution in [2.24, 2.45) is 0 Å². The van der Waals surface area contributed by atoms with E-state index in [0.717, 1.165) is 0 Å². The highest BCUT2D eigenvalue weighted by Crippen LogP contribution is 2.63. The van der Waals surface area contributed by atoms with Crippen LogP contribution in [-0.2, 0) is 9.13 Å². The minimum Gasteiger partial charge on any atom is -0.324 e. The van der Waals surface area contributed by atoms with E-state index in [4.69, 9.17) is 19.6 Å². The summed E-state index contributed by atoms with van der Waals surface area (Å²) in [5, 5.41) is -2.03. The van der Waals surface area contributed by atoms with Crippen molar-refractivity contribution in [1.82, 2.24) is 0 Å². The van der Waals surface area contributed by atoms with Crippen LogP contribution in [0.15, 0.2) is 23.8 Å². The predicted octanol–water partition coefficient (Wildman–Crippen LogP) is 0.944. The highest BCUT2D eigenvalue weighted by molar-refractivity contribution is 7.71. The molecule has 0 aromatic rings. The van der Waals surface area contributed by atoms with Crippen molar-refractivity contribution in [3.63, 3.8) is 0 Å². The Morgan fingerprint density at radius 1 is 1.07 bits per heavy atom. The Balaban J connectivity index is 3.14. The van der Waals surface area contributed by atoms with Crippen LogP contribution < -0.4 is 0 Å². The van der Waals surface area contributed by atoms with Crippen molar-refractivity contribution in [2.75, 3.05) is 0 Å². The van der Waals surface area contributed by atoms with Crippen molar-refractivity contribution in [2.45, 2.75) is 18.2 Å². The fourth-order valence-corrected chi connectivity index (χ4v) is 4.14. The van der Waals surface area contributed by atoms with Gasteiger partial charge in [-0.05, 0) is 18.4 Å². The highest BCUT2D eigenvalue weighted by atomic mass is 31.2. The molecule has 8 heteroatoms. The highest BCUT2D eigenvalue weighted by Gasteiger charge is 2.45. The van der Waals surface area contributed by atoms with Crippen molar-refractivity contribution < 1.29 is 28.7 Å². The summed E-state index contributed by atoms with van der Waals surface area (Å²) in [4.78, 5) is 35.6. The van der Waals surface area contributed by atoms with Gasteiger partial charge in [0, 0.05) is 0 Å². The lowest BCUT2D eigenvalue weighted by atomic mass is 10.1. The summed E-state index contributed by atoms with van der Waals surface area (Å²) < 4.78 is 22.0. The second-order valence-electron chi connectivity index (χ2n) is 3.24. The fourth-order valence-electron chi connectivity index (χ4n) is 1.41. The third-order valence-electron chi connectivity index (χ3n) is 1.96. The monoisotopic (exact) mass is 254 g/mol. The van der Waals surface area contributed by atoms with Gasteiger partial charge in [-0.1, -0.05) is 18.2 Å². The topological polar surface area (TPSA) is 115 Å². The van der Waals surface area contributed by atoms with Gasteiger partial charge in [-0.25, -0.2) is 0 Å². The van der Waals surface area contributed by atoms with Crippen LogP contribution in [0.1, 0.15) is 12.8 Å². The molecule has 1 aliphatic carbocycles. The third-order valence-corrected chi connectivity index (χ3v) is 5.63. The summed E-state index contributed by atoms with van der Waals surface area (Å²) in [5.74, 6) is 0. The van der Waals surface area contributed by atoms with Crippen LogP contribution in [-0.4, -0.2) is 25.0 Å². The normalized spacial score (nSPS) is 18.1. The minimum absolute atomic E-state index is 0.0166. The zero-order chi connectivity index (χ0) is 11.7. The van der Waals surface area contributed by atoms with Crippen molar-refractivity contribution in [3.8, 4) is 0 Å². The van der Waals surface area contributed by atoms with E-state index in [0.29, 0.717) is 12.8 Å². The Morgan fingerprint density at radius 2 is 1.60 bits per heavy atom. The molecule has 86 valence electrons. The first-order valence-corrected chi connectivity index (χ1v) is 7.56. The summed E-state index contributed by atoms with van der Waals surface area (Å²) >= 11 is 0. The molecule has 0 radical (unpaired) electrons. The predicted molar refractivity (Wildman–Crippen MR) is 54.3 cm³/mol. The van der Waals surface area contributed by atoms with E-state index in [1.165, 1.54) is 12.2 Å². The molecule has 0 spiro atoms. The van der Waals surface area contributed by atoms with Gasteiger partial charge in [-0.15, -0.1) is 0 Å². The smallest absolute Gasteiger partial charge is 0.324 e. The largest absolute Gasteiger partial charge is 0.345 e. The van der Waals surface area contributed by atoms with Crippen molar-refractivity contribution >= 4 is 15.2 Å². The second kappa shape index (κ2) is 4.34. The maximum Gasteiger partial charge on any atom is 0.345 e. The molecule has 0 fully saturated rings. The quantitative estimate of drug-likeness (QED) is 0.557. The molecule has 0 unspecified atom stereocenters. The van der Waals surface area contributed by atoms with Gasteiger partial charge < -0.3 is 19.6 Å². The van der Waals surface area contributed by atoms with Gasteiger partial charge in [-0.2, -0.15) is 0 Å². The molecule has 4 N–H and O–H groups in total. The van der Waals surface area contributed by atoms with Gasteiger partial charge >= 0.3 is 15.2 Å². The van der Waals surface area contributed by atoms with Crippen LogP contribution in [0.2, 0.25) is 0 Å². The van der Waals surface area contributed by atoms with Gasteiger partial charge in [0.15, 0.2) is 5.40 Å². The van der Waals surface area contributed by atoms with E-state index in [2.05, 4.69) is 0 Å².